The van der Waals surface area contributed by atoms with Crippen molar-refractivity contribution in [1.82, 2.24) is 24.7 Å². The molecule has 2 N–H and O–H groups in total. The average Bonchev–Trinajstić information content (AvgIpc) is 2.86. The fourth-order valence-electron chi connectivity index (χ4n) is 4.05. The summed E-state index contributed by atoms with van der Waals surface area (Å²) in [6.07, 6.45) is -7.26. The Morgan fingerprint density at radius 2 is 1.68 bits per heavy atom. The van der Waals surface area contributed by atoms with Gasteiger partial charge in [-0.3, -0.25) is 9.59 Å². The summed E-state index contributed by atoms with van der Waals surface area (Å²) in [5.74, 6) is -2.43. The second-order valence-electron chi connectivity index (χ2n) is 8.82. The highest BCUT2D eigenvalue weighted by molar-refractivity contribution is 5.86. The zero-order chi connectivity index (χ0) is 29.4. The van der Waals surface area contributed by atoms with Crippen LogP contribution in [-0.4, -0.2) is 36.9 Å². The van der Waals surface area contributed by atoms with Crippen molar-refractivity contribution in [2.24, 2.45) is 0 Å². The van der Waals surface area contributed by atoms with Crippen molar-refractivity contribution in [2.45, 2.75) is 44.7 Å². The summed E-state index contributed by atoms with van der Waals surface area (Å²) in [4.78, 5) is 31.8. The van der Waals surface area contributed by atoms with Crippen molar-refractivity contribution >= 4 is 16.5 Å². The van der Waals surface area contributed by atoms with Crippen LogP contribution >= 0.6 is 0 Å². The Balaban J connectivity index is 1.55. The molecular formula is C24H18F8N6O2. The lowest BCUT2D eigenvalue weighted by atomic mass is 10.1. The lowest BCUT2D eigenvalue weighted by molar-refractivity contribution is -0.138. The van der Waals surface area contributed by atoms with Gasteiger partial charge in [-0.25, -0.2) is 37.0 Å². The number of nitrogens with zero attached hydrogens (tertiary/aromatic N) is 4. The Morgan fingerprint density at radius 1 is 1.00 bits per heavy atom. The molecule has 0 fully saturated rings. The van der Waals surface area contributed by atoms with Gasteiger partial charge in [0.05, 0.1) is 34.9 Å². The molecule has 4 rings (SSSR count). The number of hydrogen-bond acceptors (Lipinski definition) is 6. The van der Waals surface area contributed by atoms with E-state index >= 15 is 0 Å². The summed E-state index contributed by atoms with van der Waals surface area (Å²) >= 11 is 0. The van der Waals surface area contributed by atoms with E-state index in [9.17, 15) is 44.7 Å². The van der Waals surface area contributed by atoms with Crippen LogP contribution in [0.5, 0.6) is 0 Å². The first kappa shape index (κ1) is 28.6. The van der Waals surface area contributed by atoms with Crippen LogP contribution in [0, 0.1) is 11.6 Å². The quantitative estimate of drug-likeness (QED) is 0.287. The number of alkyl halides is 6. The zero-order valence-corrected chi connectivity index (χ0v) is 20.2. The van der Waals surface area contributed by atoms with E-state index in [4.69, 9.17) is 0 Å². The number of halogens is 8. The smallest absolute Gasteiger partial charge is 0.381 e. The summed E-state index contributed by atoms with van der Waals surface area (Å²) < 4.78 is 110. The van der Waals surface area contributed by atoms with Crippen molar-refractivity contribution < 1.29 is 35.1 Å². The van der Waals surface area contributed by atoms with E-state index in [1.54, 1.807) is 5.10 Å². The van der Waals surface area contributed by atoms with Gasteiger partial charge in [0, 0.05) is 36.4 Å². The SMILES string of the molecule is C[C@H](C[C@@H](F)Cn1cc(F)c2cc(-c3ncc(C(F)F)cn3)c(F)cc2c1=O)Nc1cn[nH]c(=O)c1C(F)(F)F. The molecular weight excluding hydrogens is 556 g/mol. The molecule has 16 heteroatoms. The number of anilines is 1. The van der Waals surface area contributed by atoms with Gasteiger partial charge in [-0.1, -0.05) is 0 Å². The highest BCUT2D eigenvalue weighted by Gasteiger charge is 2.37. The Kier molecular flexibility index (Phi) is 7.88. The third-order valence-corrected chi connectivity index (χ3v) is 5.84. The standard InChI is InChI=1S/C24H18F8N6O2/c1-10(36-18-7-35-37-22(39)19(18)24(30,31)32)2-12(25)8-38-9-17(27)13-3-15(16(26)4-14(13)23(38)40)21-33-5-11(6-34-21)20(28)29/h3-7,9-10,12,20H,2,8H2,1H3,(H2,36,37,39)/t10-,12-/m1/s1. The molecule has 0 aliphatic rings. The first-order chi connectivity index (χ1) is 18.8. The molecule has 8 nitrogen and oxygen atoms in total. The lowest BCUT2D eigenvalue weighted by Crippen LogP contribution is -2.30. The topological polar surface area (TPSA) is 106 Å². The van der Waals surface area contributed by atoms with Crippen molar-refractivity contribution in [3.05, 3.63) is 80.4 Å². The average molecular weight is 574 g/mol. The Morgan fingerprint density at radius 3 is 2.30 bits per heavy atom. The number of nitrogens with one attached hydrogen (secondary N) is 2. The molecule has 0 radical (unpaired) electrons. The maximum Gasteiger partial charge on any atom is 0.423 e. The molecule has 0 aliphatic heterocycles. The number of aromatic amines is 1. The first-order valence-electron chi connectivity index (χ1n) is 11.4. The molecule has 2 atom stereocenters. The molecule has 0 bridgehead atoms. The highest BCUT2D eigenvalue weighted by Crippen LogP contribution is 2.32. The molecule has 1 aromatic carbocycles. The van der Waals surface area contributed by atoms with Gasteiger partial charge in [0.15, 0.2) is 5.82 Å². The van der Waals surface area contributed by atoms with E-state index in [1.165, 1.54) is 6.92 Å². The monoisotopic (exact) mass is 574 g/mol. The maximum absolute atomic E-state index is 14.9. The second-order valence-corrected chi connectivity index (χ2v) is 8.82. The molecule has 40 heavy (non-hydrogen) atoms. The summed E-state index contributed by atoms with van der Waals surface area (Å²) in [7, 11) is 0. The van der Waals surface area contributed by atoms with Gasteiger partial charge in [-0.2, -0.15) is 18.3 Å². The van der Waals surface area contributed by atoms with E-state index in [-0.39, 0.29) is 16.8 Å². The number of fused-ring (bicyclic) bond motifs is 1. The van der Waals surface area contributed by atoms with Gasteiger partial charge in [0.25, 0.3) is 17.5 Å². The molecule has 3 heterocycles. The fraction of sp³-hybridized carbons (Fsp3) is 0.292. The number of pyridine rings is 1. The zero-order valence-electron chi connectivity index (χ0n) is 20.2. The Bertz CT molecular complexity index is 1650. The van der Waals surface area contributed by atoms with E-state index in [2.05, 4.69) is 20.4 Å². The molecule has 0 unspecified atom stereocenters. The molecule has 3 aromatic heterocycles. The van der Waals surface area contributed by atoms with Crippen molar-refractivity contribution in [3.63, 3.8) is 0 Å². The summed E-state index contributed by atoms with van der Waals surface area (Å²) in [6.45, 7) is 0.601. The first-order valence-corrected chi connectivity index (χ1v) is 11.4. The normalized spacial score (nSPS) is 13.6. The molecule has 212 valence electrons. The number of rotatable bonds is 8. The van der Waals surface area contributed by atoms with Crippen LogP contribution in [0.4, 0.5) is 40.8 Å². The molecule has 4 aromatic rings. The predicted octanol–water partition coefficient (Wildman–Crippen LogP) is 5.01. The number of H-pyrrole nitrogens is 1. The van der Waals surface area contributed by atoms with Crippen LogP contribution in [0.2, 0.25) is 0 Å². The van der Waals surface area contributed by atoms with Gasteiger partial charge in [0.1, 0.15) is 23.4 Å². The molecule has 0 saturated carbocycles. The highest BCUT2D eigenvalue weighted by atomic mass is 19.4. The Labute approximate surface area is 218 Å². The minimum atomic E-state index is -5.01. The van der Waals surface area contributed by atoms with Crippen LogP contribution in [0.1, 0.15) is 30.9 Å². The van der Waals surface area contributed by atoms with E-state index in [1.807, 2.05) is 0 Å². The minimum Gasteiger partial charge on any atom is -0.381 e. The summed E-state index contributed by atoms with van der Waals surface area (Å²) in [5.41, 5.74) is -5.55. The minimum absolute atomic E-state index is 0.332. The lowest BCUT2D eigenvalue weighted by Gasteiger charge is -2.20. The summed E-state index contributed by atoms with van der Waals surface area (Å²) in [5, 5.41) is 6.53. The third-order valence-electron chi connectivity index (χ3n) is 5.84. The van der Waals surface area contributed by atoms with Crippen LogP contribution in [0.25, 0.3) is 22.2 Å². The van der Waals surface area contributed by atoms with Gasteiger partial charge in [-0.05, 0) is 19.1 Å². The molecule has 0 saturated heterocycles. The van der Waals surface area contributed by atoms with Crippen molar-refractivity contribution in [1.29, 1.82) is 0 Å². The Hall–Kier alpha value is -4.37. The fourth-order valence-corrected chi connectivity index (χ4v) is 4.05. The maximum atomic E-state index is 14.9. The summed E-state index contributed by atoms with van der Waals surface area (Å²) in [6, 6.07) is 0.625. The number of hydrogen-bond donors (Lipinski definition) is 2. The van der Waals surface area contributed by atoms with E-state index < -0.39 is 82.7 Å². The number of aromatic nitrogens is 5. The third kappa shape index (κ3) is 5.94. The van der Waals surface area contributed by atoms with Gasteiger partial charge < -0.3 is 9.88 Å². The van der Waals surface area contributed by atoms with Gasteiger partial charge >= 0.3 is 6.18 Å². The van der Waals surface area contributed by atoms with Gasteiger partial charge in [-0.15, -0.1) is 0 Å². The largest absolute Gasteiger partial charge is 0.423 e. The van der Waals surface area contributed by atoms with Crippen LogP contribution < -0.4 is 16.4 Å². The predicted molar refractivity (Wildman–Crippen MR) is 127 cm³/mol. The second kappa shape index (κ2) is 11.0. The molecule has 0 spiro atoms. The number of benzene rings is 1. The van der Waals surface area contributed by atoms with Crippen molar-refractivity contribution in [2.75, 3.05) is 5.32 Å². The molecule has 0 amide bonds. The molecule has 0 aliphatic carbocycles. The van der Waals surface area contributed by atoms with Crippen molar-refractivity contribution in [3.8, 4) is 11.4 Å². The van der Waals surface area contributed by atoms with Crippen LogP contribution in [0.3, 0.4) is 0 Å². The van der Waals surface area contributed by atoms with Crippen LogP contribution in [-0.2, 0) is 12.7 Å². The van der Waals surface area contributed by atoms with E-state index in [0.717, 1.165) is 24.7 Å². The van der Waals surface area contributed by atoms with E-state index in [0.29, 0.717) is 16.8 Å². The van der Waals surface area contributed by atoms with Gasteiger partial charge in [0.2, 0.25) is 0 Å². The van der Waals surface area contributed by atoms with Crippen LogP contribution in [0.15, 0.2) is 46.5 Å².